The van der Waals surface area contributed by atoms with Crippen LogP contribution in [0, 0.1) is 0 Å². The molecule has 0 saturated heterocycles. The molecule has 0 aliphatic heterocycles. The Labute approximate surface area is 83.9 Å². The molecule has 0 aliphatic carbocycles. The summed E-state index contributed by atoms with van der Waals surface area (Å²) in [5.41, 5.74) is 5.39. The molecule has 0 aliphatic rings. The number of aromatic nitrogens is 4. The van der Waals surface area contributed by atoms with Crippen molar-refractivity contribution in [3.63, 3.8) is 0 Å². The third-order valence-electron chi connectivity index (χ3n) is 2.03. The van der Waals surface area contributed by atoms with E-state index in [0.29, 0.717) is 0 Å². The van der Waals surface area contributed by atoms with E-state index < -0.39 is 0 Å². The van der Waals surface area contributed by atoms with Gasteiger partial charge in [-0.3, -0.25) is 0 Å². The minimum atomic E-state index is 0.726. The van der Waals surface area contributed by atoms with Crippen molar-refractivity contribution in [3.8, 4) is 0 Å². The Kier molecular flexibility index (Phi) is 4.92. The van der Waals surface area contributed by atoms with E-state index in [1.807, 2.05) is 7.05 Å². The van der Waals surface area contributed by atoms with Gasteiger partial charge in [-0.15, -0.1) is 0 Å². The van der Waals surface area contributed by atoms with Gasteiger partial charge in [0.05, 0.1) is 0 Å². The molecule has 0 unspecified atom stereocenters. The lowest BCUT2D eigenvalue weighted by Gasteiger charge is -2.03. The van der Waals surface area contributed by atoms with Crippen LogP contribution in [0.25, 0.3) is 0 Å². The first-order chi connectivity index (χ1) is 6.84. The van der Waals surface area contributed by atoms with Crippen LogP contribution in [-0.4, -0.2) is 33.3 Å². The van der Waals surface area contributed by atoms with Crippen molar-refractivity contribution in [3.05, 3.63) is 0 Å². The summed E-state index contributed by atoms with van der Waals surface area (Å²) in [5, 5.41) is 14.2. The molecule has 1 rings (SSSR count). The Hall–Kier alpha value is -1.17. The van der Waals surface area contributed by atoms with E-state index in [2.05, 4.69) is 20.8 Å². The number of nitrogens with one attached hydrogen (secondary N) is 1. The van der Waals surface area contributed by atoms with Gasteiger partial charge in [0, 0.05) is 13.6 Å². The summed E-state index contributed by atoms with van der Waals surface area (Å²) < 4.78 is 1.62. The molecule has 0 fully saturated rings. The van der Waals surface area contributed by atoms with Gasteiger partial charge < -0.3 is 11.1 Å². The van der Waals surface area contributed by atoms with Gasteiger partial charge in [-0.2, -0.15) is 0 Å². The number of rotatable bonds is 7. The van der Waals surface area contributed by atoms with Crippen molar-refractivity contribution in [2.45, 2.75) is 25.7 Å². The number of anilines is 1. The summed E-state index contributed by atoms with van der Waals surface area (Å²) in [4.78, 5) is 0. The Bertz CT molecular complexity index is 246. The second kappa shape index (κ2) is 6.31. The summed E-state index contributed by atoms with van der Waals surface area (Å²) in [6, 6.07) is 0. The molecule has 80 valence electrons. The van der Waals surface area contributed by atoms with E-state index in [4.69, 9.17) is 5.73 Å². The zero-order chi connectivity index (χ0) is 10.2. The highest BCUT2D eigenvalue weighted by atomic mass is 15.6. The van der Waals surface area contributed by atoms with Crippen molar-refractivity contribution >= 4 is 5.95 Å². The summed E-state index contributed by atoms with van der Waals surface area (Å²) in [6.45, 7) is 1.71. The molecule has 1 heterocycles. The van der Waals surface area contributed by atoms with Crippen LogP contribution in [0.1, 0.15) is 25.7 Å². The van der Waals surface area contributed by atoms with Crippen LogP contribution in [0.2, 0.25) is 0 Å². The molecule has 6 nitrogen and oxygen atoms in total. The largest absolute Gasteiger partial charge is 0.353 e. The van der Waals surface area contributed by atoms with Gasteiger partial charge in [0.25, 0.3) is 0 Å². The fourth-order valence-corrected chi connectivity index (χ4v) is 1.20. The molecular formula is C8H18N6. The van der Waals surface area contributed by atoms with E-state index >= 15 is 0 Å². The Balaban J connectivity index is 2.02. The van der Waals surface area contributed by atoms with Gasteiger partial charge in [-0.25, -0.2) is 4.68 Å². The van der Waals surface area contributed by atoms with Crippen LogP contribution in [0.5, 0.6) is 0 Å². The molecule has 14 heavy (non-hydrogen) atoms. The Morgan fingerprint density at radius 3 is 2.71 bits per heavy atom. The van der Waals surface area contributed by atoms with Crippen LogP contribution in [0.15, 0.2) is 0 Å². The van der Waals surface area contributed by atoms with Crippen molar-refractivity contribution in [2.75, 3.05) is 18.4 Å². The predicted molar refractivity (Wildman–Crippen MR) is 54.8 cm³/mol. The molecule has 0 spiro atoms. The molecule has 0 bridgehead atoms. The van der Waals surface area contributed by atoms with Crippen LogP contribution >= 0.6 is 0 Å². The minimum Gasteiger partial charge on any atom is -0.353 e. The average Bonchev–Trinajstić information content (AvgIpc) is 2.58. The zero-order valence-corrected chi connectivity index (χ0v) is 8.61. The Morgan fingerprint density at radius 2 is 2.07 bits per heavy atom. The van der Waals surface area contributed by atoms with Crippen LogP contribution in [-0.2, 0) is 7.05 Å². The van der Waals surface area contributed by atoms with Crippen molar-refractivity contribution in [1.82, 2.24) is 20.2 Å². The molecule has 0 aromatic carbocycles. The molecule has 6 heteroatoms. The maximum Gasteiger partial charge on any atom is 0.242 e. The summed E-state index contributed by atoms with van der Waals surface area (Å²) in [7, 11) is 1.82. The van der Waals surface area contributed by atoms with E-state index in [-0.39, 0.29) is 0 Å². The number of unbranched alkanes of at least 4 members (excludes halogenated alkanes) is 3. The second-order valence-corrected chi connectivity index (χ2v) is 3.26. The lowest BCUT2D eigenvalue weighted by atomic mass is 10.2. The highest BCUT2D eigenvalue weighted by molar-refractivity contribution is 5.20. The number of nitrogens with two attached hydrogens (primary N) is 1. The SMILES string of the molecule is Cn1nnnc1NCCCCCCN. The highest BCUT2D eigenvalue weighted by Gasteiger charge is 1.98. The fourth-order valence-electron chi connectivity index (χ4n) is 1.20. The summed E-state index contributed by atoms with van der Waals surface area (Å²) >= 11 is 0. The molecule has 1 aromatic heterocycles. The van der Waals surface area contributed by atoms with Crippen molar-refractivity contribution < 1.29 is 0 Å². The van der Waals surface area contributed by atoms with Gasteiger partial charge >= 0.3 is 0 Å². The van der Waals surface area contributed by atoms with E-state index in [9.17, 15) is 0 Å². The van der Waals surface area contributed by atoms with Gasteiger partial charge in [0.2, 0.25) is 5.95 Å². The zero-order valence-electron chi connectivity index (χ0n) is 8.61. The Morgan fingerprint density at radius 1 is 1.29 bits per heavy atom. The third kappa shape index (κ3) is 3.69. The monoisotopic (exact) mass is 198 g/mol. The van der Waals surface area contributed by atoms with Crippen molar-refractivity contribution in [1.29, 1.82) is 0 Å². The normalized spacial score (nSPS) is 10.4. The van der Waals surface area contributed by atoms with Gasteiger partial charge in [0.15, 0.2) is 0 Å². The summed E-state index contributed by atoms with van der Waals surface area (Å²) in [6.07, 6.45) is 4.66. The van der Waals surface area contributed by atoms with E-state index in [1.54, 1.807) is 4.68 Å². The standard InChI is InChI=1S/C8H18N6/c1-14-8(11-12-13-14)10-7-5-3-2-4-6-9/h2-7,9H2,1H3,(H,10,11,13). The topological polar surface area (TPSA) is 81.7 Å². The number of aryl methyl sites for hydroxylation is 1. The molecular weight excluding hydrogens is 180 g/mol. The summed E-state index contributed by atoms with van der Waals surface area (Å²) in [5.74, 6) is 0.726. The van der Waals surface area contributed by atoms with Crippen molar-refractivity contribution in [2.24, 2.45) is 12.8 Å². The van der Waals surface area contributed by atoms with Gasteiger partial charge in [-0.1, -0.05) is 17.9 Å². The highest BCUT2D eigenvalue weighted by Crippen LogP contribution is 2.00. The first-order valence-corrected chi connectivity index (χ1v) is 5.01. The van der Waals surface area contributed by atoms with Crippen LogP contribution in [0.4, 0.5) is 5.95 Å². The molecule has 0 amide bonds. The number of hydrogen-bond acceptors (Lipinski definition) is 5. The number of tetrazole rings is 1. The molecule has 3 N–H and O–H groups in total. The lowest BCUT2D eigenvalue weighted by molar-refractivity contribution is 0.656. The first kappa shape index (κ1) is 10.9. The first-order valence-electron chi connectivity index (χ1n) is 5.01. The number of nitrogens with zero attached hydrogens (tertiary/aromatic N) is 4. The maximum atomic E-state index is 5.39. The van der Waals surface area contributed by atoms with E-state index in [0.717, 1.165) is 31.9 Å². The molecule has 0 radical (unpaired) electrons. The van der Waals surface area contributed by atoms with E-state index in [1.165, 1.54) is 12.8 Å². The minimum absolute atomic E-state index is 0.726. The predicted octanol–water partition coefficient (Wildman–Crippen LogP) is 0.141. The average molecular weight is 198 g/mol. The van der Waals surface area contributed by atoms with Crippen LogP contribution < -0.4 is 11.1 Å². The molecule has 0 atom stereocenters. The maximum absolute atomic E-state index is 5.39. The lowest BCUT2D eigenvalue weighted by Crippen LogP contribution is -2.07. The third-order valence-corrected chi connectivity index (χ3v) is 2.03. The smallest absolute Gasteiger partial charge is 0.242 e. The molecule has 0 saturated carbocycles. The second-order valence-electron chi connectivity index (χ2n) is 3.26. The van der Waals surface area contributed by atoms with Gasteiger partial charge in [-0.05, 0) is 29.8 Å². The fraction of sp³-hybridized carbons (Fsp3) is 0.875. The quantitative estimate of drug-likeness (QED) is 0.609. The van der Waals surface area contributed by atoms with Gasteiger partial charge in [0.1, 0.15) is 0 Å². The number of hydrogen-bond donors (Lipinski definition) is 2. The molecule has 1 aromatic rings. The van der Waals surface area contributed by atoms with Crippen LogP contribution in [0.3, 0.4) is 0 Å².